The molecule has 6 heteroatoms. The molecule has 104 valence electrons. The zero-order valence-electron chi connectivity index (χ0n) is 10.6. The molecule has 2 aromatic rings. The van der Waals surface area contributed by atoms with Gasteiger partial charge in [-0.1, -0.05) is 23.2 Å². The monoisotopic (exact) mass is 309 g/mol. The Labute approximate surface area is 126 Å². The largest absolute Gasteiger partial charge is 0.397 e. The van der Waals surface area contributed by atoms with E-state index >= 15 is 0 Å². The smallest absolute Gasteiger partial charge is 0.272 e. The van der Waals surface area contributed by atoms with Crippen molar-refractivity contribution in [3.05, 3.63) is 46.2 Å². The number of amides is 1. The number of aromatic nitrogens is 1. The van der Waals surface area contributed by atoms with E-state index in [4.69, 9.17) is 28.9 Å². The number of halogens is 2. The molecule has 0 saturated heterocycles. The Bertz CT molecular complexity index is 657. The maximum Gasteiger partial charge on any atom is 0.272 e. The molecule has 1 fully saturated rings. The number of nitrogens with two attached hydrogens (primary N) is 1. The SMILES string of the molecule is Nc1cc(C(=O)Nc2cc(Cl)cc(Cl)c2)n(C2CC2)c1. The number of carbonyl (C=O) groups is 1. The lowest BCUT2D eigenvalue weighted by Gasteiger charge is -2.09. The van der Waals surface area contributed by atoms with Crippen LogP contribution in [0.5, 0.6) is 0 Å². The Hall–Kier alpha value is -1.65. The minimum Gasteiger partial charge on any atom is -0.397 e. The highest BCUT2D eigenvalue weighted by molar-refractivity contribution is 6.35. The summed E-state index contributed by atoms with van der Waals surface area (Å²) in [5.74, 6) is -0.216. The van der Waals surface area contributed by atoms with E-state index in [0.29, 0.717) is 33.2 Å². The number of nitrogen functional groups attached to an aromatic ring is 1. The molecule has 3 rings (SSSR count). The van der Waals surface area contributed by atoms with Crippen LogP contribution in [0.15, 0.2) is 30.5 Å². The summed E-state index contributed by atoms with van der Waals surface area (Å²) in [4.78, 5) is 12.3. The summed E-state index contributed by atoms with van der Waals surface area (Å²) in [6.07, 6.45) is 3.96. The first-order valence-corrected chi connectivity index (χ1v) is 7.03. The van der Waals surface area contributed by atoms with Crippen LogP contribution in [-0.2, 0) is 0 Å². The van der Waals surface area contributed by atoms with Gasteiger partial charge in [0.2, 0.25) is 0 Å². The third-order valence-corrected chi connectivity index (χ3v) is 3.60. The zero-order valence-corrected chi connectivity index (χ0v) is 12.1. The van der Waals surface area contributed by atoms with Gasteiger partial charge in [0.25, 0.3) is 5.91 Å². The molecule has 1 aliphatic rings. The summed E-state index contributed by atoms with van der Waals surface area (Å²) in [5.41, 5.74) is 7.49. The predicted molar refractivity (Wildman–Crippen MR) is 81.5 cm³/mol. The molecule has 20 heavy (non-hydrogen) atoms. The molecule has 1 amide bonds. The highest BCUT2D eigenvalue weighted by Crippen LogP contribution is 2.37. The van der Waals surface area contributed by atoms with Gasteiger partial charge in [-0.25, -0.2) is 0 Å². The van der Waals surface area contributed by atoms with E-state index < -0.39 is 0 Å². The predicted octanol–water partition coefficient (Wildman–Crippen LogP) is 3.96. The second-order valence-electron chi connectivity index (χ2n) is 4.91. The first-order valence-electron chi connectivity index (χ1n) is 6.28. The fourth-order valence-electron chi connectivity index (χ4n) is 2.16. The van der Waals surface area contributed by atoms with E-state index in [1.807, 2.05) is 4.57 Å². The van der Waals surface area contributed by atoms with Crippen molar-refractivity contribution < 1.29 is 4.79 Å². The van der Waals surface area contributed by atoms with E-state index in [9.17, 15) is 4.79 Å². The van der Waals surface area contributed by atoms with Gasteiger partial charge in [-0.15, -0.1) is 0 Å². The molecule has 4 nitrogen and oxygen atoms in total. The minimum absolute atomic E-state index is 0.216. The molecule has 1 aliphatic carbocycles. The van der Waals surface area contributed by atoms with Crippen molar-refractivity contribution in [2.45, 2.75) is 18.9 Å². The Kier molecular flexibility index (Phi) is 3.36. The topological polar surface area (TPSA) is 60.1 Å². The lowest BCUT2D eigenvalue weighted by atomic mass is 10.3. The van der Waals surface area contributed by atoms with Crippen molar-refractivity contribution in [1.82, 2.24) is 4.57 Å². The summed E-state index contributed by atoms with van der Waals surface area (Å²) < 4.78 is 1.93. The minimum atomic E-state index is -0.216. The highest BCUT2D eigenvalue weighted by atomic mass is 35.5. The van der Waals surface area contributed by atoms with Gasteiger partial charge in [0.05, 0.1) is 5.69 Å². The second kappa shape index (κ2) is 5.04. The molecule has 3 N–H and O–H groups in total. The van der Waals surface area contributed by atoms with Crippen LogP contribution in [0.2, 0.25) is 10.0 Å². The van der Waals surface area contributed by atoms with Crippen LogP contribution >= 0.6 is 23.2 Å². The average molecular weight is 310 g/mol. The quantitative estimate of drug-likeness (QED) is 0.901. The highest BCUT2D eigenvalue weighted by Gasteiger charge is 2.27. The van der Waals surface area contributed by atoms with Crippen LogP contribution < -0.4 is 11.1 Å². The van der Waals surface area contributed by atoms with E-state index in [1.165, 1.54) is 0 Å². The Morgan fingerprint density at radius 3 is 2.45 bits per heavy atom. The van der Waals surface area contributed by atoms with E-state index in [0.717, 1.165) is 12.8 Å². The number of hydrogen-bond acceptors (Lipinski definition) is 2. The number of benzene rings is 1. The van der Waals surface area contributed by atoms with Crippen LogP contribution in [0, 0.1) is 0 Å². The van der Waals surface area contributed by atoms with Crippen LogP contribution in [0.1, 0.15) is 29.4 Å². The summed E-state index contributed by atoms with van der Waals surface area (Å²) in [6.45, 7) is 0. The van der Waals surface area contributed by atoms with Gasteiger partial charge < -0.3 is 15.6 Å². The summed E-state index contributed by atoms with van der Waals surface area (Å²) >= 11 is 11.8. The molecular formula is C14H13Cl2N3O. The maximum atomic E-state index is 12.3. The molecule has 0 aliphatic heterocycles. The summed E-state index contributed by atoms with van der Waals surface area (Å²) in [5, 5.41) is 3.75. The van der Waals surface area contributed by atoms with E-state index in [1.54, 1.807) is 30.5 Å². The lowest BCUT2D eigenvalue weighted by molar-refractivity contribution is 0.101. The molecule has 0 spiro atoms. The Morgan fingerprint density at radius 1 is 1.20 bits per heavy atom. The van der Waals surface area contributed by atoms with Gasteiger partial charge in [0.15, 0.2) is 0 Å². The van der Waals surface area contributed by atoms with Gasteiger partial charge in [0.1, 0.15) is 5.69 Å². The number of carbonyl (C=O) groups excluding carboxylic acids is 1. The van der Waals surface area contributed by atoms with Gasteiger partial charge >= 0.3 is 0 Å². The molecule has 0 atom stereocenters. The van der Waals surface area contributed by atoms with Crippen molar-refractivity contribution in [2.75, 3.05) is 11.1 Å². The van der Waals surface area contributed by atoms with Crippen molar-refractivity contribution in [3.8, 4) is 0 Å². The maximum absolute atomic E-state index is 12.3. The van der Waals surface area contributed by atoms with Gasteiger partial charge in [-0.05, 0) is 37.1 Å². The van der Waals surface area contributed by atoms with Gasteiger partial charge in [-0.3, -0.25) is 4.79 Å². The number of nitrogens with one attached hydrogen (secondary N) is 1. The van der Waals surface area contributed by atoms with Crippen molar-refractivity contribution in [1.29, 1.82) is 0 Å². The average Bonchev–Trinajstić information content (AvgIpc) is 3.11. The molecule has 0 radical (unpaired) electrons. The van der Waals surface area contributed by atoms with Crippen LogP contribution in [0.3, 0.4) is 0 Å². The lowest BCUT2D eigenvalue weighted by Crippen LogP contribution is -2.16. The summed E-state index contributed by atoms with van der Waals surface area (Å²) in [6, 6.07) is 6.98. The molecule has 0 unspecified atom stereocenters. The molecule has 1 aromatic carbocycles. The fraction of sp³-hybridized carbons (Fsp3) is 0.214. The number of nitrogens with zero attached hydrogens (tertiary/aromatic N) is 1. The first kappa shape index (κ1) is 13.3. The Balaban J connectivity index is 1.85. The zero-order chi connectivity index (χ0) is 14.3. The molecular weight excluding hydrogens is 297 g/mol. The van der Waals surface area contributed by atoms with E-state index in [2.05, 4.69) is 5.32 Å². The second-order valence-corrected chi connectivity index (χ2v) is 5.78. The molecule has 1 aromatic heterocycles. The Morgan fingerprint density at radius 2 is 1.85 bits per heavy atom. The van der Waals surface area contributed by atoms with Gasteiger partial charge in [-0.2, -0.15) is 0 Å². The normalized spacial score (nSPS) is 14.3. The van der Waals surface area contributed by atoms with Crippen LogP contribution in [-0.4, -0.2) is 10.5 Å². The van der Waals surface area contributed by atoms with Gasteiger partial charge in [0, 0.05) is 28.0 Å². The third-order valence-electron chi connectivity index (χ3n) is 3.16. The first-order chi connectivity index (χ1) is 9.52. The van der Waals surface area contributed by atoms with Crippen LogP contribution in [0.4, 0.5) is 11.4 Å². The molecule has 1 saturated carbocycles. The number of rotatable bonds is 3. The third kappa shape index (κ3) is 2.76. The summed E-state index contributed by atoms with van der Waals surface area (Å²) in [7, 11) is 0. The van der Waals surface area contributed by atoms with Crippen LogP contribution in [0.25, 0.3) is 0 Å². The van der Waals surface area contributed by atoms with Crippen molar-refractivity contribution >= 4 is 40.5 Å². The van der Waals surface area contributed by atoms with Crippen molar-refractivity contribution in [3.63, 3.8) is 0 Å². The van der Waals surface area contributed by atoms with E-state index in [-0.39, 0.29) is 5.91 Å². The van der Waals surface area contributed by atoms with Crippen molar-refractivity contribution in [2.24, 2.45) is 0 Å². The fourth-order valence-corrected chi connectivity index (χ4v) is 2.68. The molecule has 0 bridgehead atoms. The number of hydrogen-bond donors (Lipinski definition) is 2. The number of anilines is 2. The molecule has 1 heterocycles. The standard InChI is InChI=1S/C14H13Cl2N3O/c15-8-3-9(16)5-11(4-8)18-14(20)13-6-10(17)7-19(13)12-1-2-12/h3-7,12H,1-2,17H2,(H,18,20).